The molecule has 6 heteroatoms. The Kier molecular flexibility index (Phi) is 3.26. The molecule has 0 bridgehead atoms. The Hall–Kier alpha value is -1.62. The number of hydrogen-bond acceptors (Lipinski definition) is 2. The number of rotatable bonds is 1. The van der Waals surface area contributed by atoms with Gasteiger partial charge >= 0.3 is 0 Å². The molecule has 96 valence electrons. The first-order valence-corrected chi connectivity index (χ1v) is 5.88. The van der Waals surface area contributed by atoms with Crippen LogP contribution in [0.3, 0.4) is 0 Å². The number of nitrogens with zero attached hydrogens (tertiary/aromatic N) is 1. The minimum atomic E-state index is -0.670. The van der Waals surface area contributed by atoms with Gasteiger partial charge in [0.25, 0.3) is 0 Å². The summed E-state index contributed by atoms with van der Waals surface area (Å²) in [6.45, 7) is 3.19. The van der Waals surface area contributed by atoms with Gasteiger partial charge in [0, 0.05) is 0 Å². The van der Waals surface area contributed by atoms with E-state index in [1.54, 1.807) is 13.8 Å². The van der Waals surface area contributed by atoms with Crippen LogP contribution in [-0.4, -0.2) is 23.9 Å². The number of anilines is 1. The zero-order chi connectivity index (χ0) is 13.4. The molecule has 4 nitrogen and oxygen atoms in total. The monoisotopic (exact) mass is 270 g/mol. The van der Waals surface area contributed by atoms with Crippen molar-refractivity contribution in [1.29, 1.82) is 0 Å². The van der Waals surface area contributed by atoms with Crippen LogP contribution in [0.2, 0.25) is 5.02 Å². The molecule has 0 aromatic heterocycles. The van der Waals surface area contributed by atoms with E-state index in [0.717, 1.165) is 6.07 Å². The standard InChI is InChI=1S/C12H12ClFN2O2/c1-6-12(18)16(7(2)11(17)15-6)10-4-3-8(14)5-9(10)13/h3-7H,1-2H3,(H,15,17). The quantitative estimate of drug-likeness (QED) is 0.845. The Bertz CT molecular complexity index is 521. The van der Waals surface area contributed by atoms with Crippen LogP contribution in [0.5, 0.6) is 0 Å². The molecule has 1 fully saturated rings. The van der Waals surface area contributed by atoms with Crippen LogP contribution in [-0.2, 0) is 9.59 Å². The van der Waals surface area contributed by atoms with Gasteiger partial charge in [-0.1, -0.05) is 11.6 Å². The summed E-state index contributed by atoms with van der Waals surface area (Å²) in [6.07, 6.45) is 0. The molecule has 0 spiro atoms. The van der Waals surface area contributed by atoms with Gasteiger partial charge in [0.2, 0.25) is 11.8 Å². The number of piperazine rings is 1. The van der Waals surface area contributed by atoms with Gasteiger partial charge in [0.15, 0.2) is 0 Å². The molecule has 0 radical (unpaired) electrons. The highest BCUT2D eigenvalue weighted by Gasteiger charge is 2.37. The third-order valence-corrected chi connectivity index (χ3v) is 3.21. The predicted molar refractivity (Wildman–Crippen MR) is 66.0 cm³/mol. The molecular weight excluding hydrogens is 259 g/mol. The Labute approximate surface area is 109 Å². The summed E-state index contributed by atoms with van der Waals surface area (Å²) >= 11 is 5.92. The molecule has 1 saturated heterocycles. The van der Waals surface area contributed by atoms with Crippen LogP contribution < -0.4 is 10.2 Å². The first kappa shape index (κ1) is 12.8. The van der Waals surface area contributed by atoms with E-state index in [1.165, 1.54) is 17.0 Å². The predicted octanol–water partition coefficient (Wildman–Crippen LogP) is 1.72. The molecule has 1 aliphatic heterocycles. The Morgan fingerprint density at radius 3 is 2.61 bits per heavy atom. The van der Waals surface area contributed by atoms with Gasteiger partial charge in [0.1, 0.15) is 17.9 Å². The third kappa shape index (κ3) is 2.06. The van der Waals surface area contributed by atoms with E-state index >= 15 is 0 Å². The average Bonchev–Trinajstić information content (AvgIpc) is 2.29. The number of carbonyl (C=O) groups is 2. The highest BCUT2D eigenvalue weighted by atomic mass is 35.5. The largest absolute Gasteiger partial charge is 0.343 e. The Morgan fingerprint density at radius 1 is 1.33 bits per heavy atom. The molecule has 2 amide bonds. The van der Waals surface area contributed by atoms with Crippen molar-refractivity contribution in [1.82, 2.24) is 5.32 Å². The maximum absolute atomic E-state index is 13.0. The van der Waals surface area contributed by atoms with E-state index in [1.807, 2.05) is 0 Å². The summed E-state index contributed by atoms with van der Waals surface area (Å²) in [5.41, 5.74) is 0.345. The van der Waals surface area contributed by atoms with Gasteiger partial charge in [-0.2, -0.15) is 0 Å². The maximum Gasteiger partial charge on any atom is 0.250 e. The summed E-state index contributed by atoms with van der Waals surface area (Å²) in [4.78, 5) is 25.1. The minimum Gasteiger partial charge on any atom is -0.343 e. The van der Waals surface area contributed by atoms with Gasteiger partial charge in [-0.3, -0.25) is 14.5 Å². The van der Waals surface area contributed by atoms with Crippen molar-refractivity contribution in [2.75, 3.05) is 4.90 Å². The van der Waals surface area contributed by atoms with Crippen molar-refractivity contribution in [2.45, 2.75) is 25.9 Å². The van der Waals surface area contributed by atoms with E-state index < -0.39 is 17.9 Å². The third-order valence-electron chi connectivity index (χ3n) is 2.90. The summed E-state index contributed by atoms with van der Waals surface area (Å²) in [7, 11) is 0. The van der Waals surface area contributed by atoms with Crippen LogP contribution in [0.1, 0.15) is 13.8 Å². The van der Waals surface area contributed by atoms with E-state index in [2.05, 4.69) is 5.32 Å². The fourth-order valence-electron chi connectivity index (χ4n) is 1.92. The zero-order valence-corrected chi connectivity index (χ0v) is 10.7. The molecule has 1 N–H and O–H groups in total. The minimum absolute atomic E-state index is 0.108. The second-order valence-electron chi connectivity index (χ2n) is 4.21. The van der Waals surface area contributed by atoms with Crippen LogP contribution in [0.25, 0.3) is 0 Å². The van der Waals surface area contributed by atoms with E-state index in [-0.39, 0.29) is 16.8 Å². The van der Waals surface area contributed by atoms with Gasteiger partial charge in [0.05, 0.1) is 10.7 Å². The summed E-state index contributed by atoms with van der Waals surface area (Å²) < 4.78 is 13.0. The van der Waals surface area contributed by atoms with Gasteiger partial charge in [-0.05, 0) is 32.0 Å². The molecule has 1 heterocycles. The Balaban J connectivity index is 2.46. The van der Waals surface area contributed by atoms with E-state index in [0.29, 0.717) is 5.69 Å². The van der Waals surface area contributed by atoms with Crippen molar-refractivity contribution in [2.24, 2.45) is 0 Å². The number of carbonyl (C=O) groups excluding carboxylic acids is 2. The number of hydrogen-bond donors (Lipinski definition) is 1. The lowest BCUT2D eigenvalue weighted by molar-refractivity contribution is -0.133. The fraction of sp³-hybridized carbons (Fsp3) is 0.333. The molecule has 2 atom stereocenters. The first-order valence-electron chi connectivity index (χ1n) is 5.50. The fourth-order valence-corrected chi connectivity index (χ4v) is 2.17. The summed E-state index contributed by atoms with van der Waals surface area (Å²) in [5.74, 6) is -1.02. The van der Waals surface area contributed by atoms with Gasteiger partial charge in [-0.25, -0.2) is 4.39 Å². The van der Waals surface area contributed by atoms with E-state index in [4.69, 9.17) is 11.6 Å². The van der Waals surface area contributed by atoms with Crippen LogP contribution in [0, 0.1) is 5.82 Å². The van der Waals surface area contributed by atoms with Gasteiger partial charge in [-0.15, -0.1) is 0 Å². The lowest BCUT2D eigenvalue weighted by atomic mass is 10.1. The van der Waals surface area contributed by atoms with Crippen molar-refractivity contribution >= 4 is 29.1 Å². The maximum atomic E-state index is 13.0. The van der Waals surface area contributed by atoms with Crippen molar-refractivity contribution in [3.63, 3.8) is 0 Å². The Morgan fingerprint density at radius 2 is 2.00 bits per heavy atom. The van der Waals surface area contributed by atoms with Crippen molar-refractivity contribution < 1.29 is 14.0 Å². The topological polar surface area (TPSA) is 49.4 Å². The highest BCUT2D eigenvalue weighted by molar-refractivity contribution is 6.34. The molecule has 1 aromatic carbocycles. The van der Waals surface area contributed by atoms with Gasteiger partial charge < -0.3 is 5.32 Å². The average molecular weight is 271 g/mol. The number of nitrogens with one attached hydrogen (secondary N) is 1. The molecule has 1 aromatic rings. The highest BCUT2D eigenvalue weighted by Crippen LogP contribution is 2.30. The van der Waals surface area contributed by atoms with E-state index in [9.17, 15) is 14.0 Å². The molecule has 1 aliphatic rings. The molecule has 0 aliphatic carbocycles. The molecule has 0 saturated carbocycles. The first-order chi connectivity index (χ1) is 8.41. The number of benzene rings is 1. The molecular formula is C12H12ClFN2O2. The summed E-state index contributed by atoms with van der Waals surface area (Å²) in [5, 5.41) is 2.67. The van der Waals surface area contributed by atoms with Crippen LogP contribution >= 0.6 is 11.6 Å². The SMILES string of the molecule is CC1NC(=O)C(C)N(c2ccc(F)cc2Cl)C1=O. The smallest absolute Gasteiger partial charge is 0.250 e. The molecule has 2 rings (SSSR count). The normalized spacial score (nSPS) is 24.1. The second kappa shape index (κ2) is 4.57. The number of amides is 2. The lowest BCUT2D eigenvalue weighted by Crippen LogP contribution is -2.61. The van der Waals surface area contributed by atoms with Crippen LogP contribution in [0.4, 0.5) is 10.1 Å². The summed E-state index contributed by atoms with van der Waals surface area (Å²) in [6, 6.07) is 2.44. The number of halogens is 2. The van der Waals surface area contributed by atoms with Crippen molar-refractivity contribution in [3.05, 3.63) is 29.0 Å². The lowest BCUT2D eigenvalue weighted by Gasteiger charge is -2.36. The van der Waals surface area contributed by atoms with Crippen molar-refractivity contribution in [3.8, 4) is 0 Å². The second-order valence-corrected chi connectivity index (χ2v) is 4.62. The van der Waals surface area contributed by atoms with Crippen LogP contribution in [0.15, 0.2) is 18.2 Å². The molecule has 2 unspecified atom stereocenters. The zero-order valence-electron chi connectivity index (χ0n) is 9.91. The molecule has 18 heavy (non-hydrogen) atoms.